The zero-order chi connectivity index (χ0) is 13.1. The Kier molecular flexibility index (Phi) is 4.98. The van der Waals surface area contributed by atoms with Gasteiger partial charge in [-0.2, -0.15) is 0 Å². The van der Waals surface area contributed by atoms with Crippen LogP contribution < -0.4 is 11.1 Å². The lowest BCUT2D eigenvalue weighted by molar-refractivity contribution is -0.121. The molecule has 0 saturated heterocycles. The maximum absolute atomic E-state index is 12.0. The molecule has 0 aliphatic carbocycles. The minimum absolute atomic E-state index is 0.202. The van der Waals surface area contributed by atoms with Crippen molar-refractivity contribution in [3.8, 4) is 0 Å². The number of amides is 1. The molecule has 1 aromatic rings. The van der Waals surface area contributed by atoms with Gasteiger partial charge in [0.25, 0.3) is 0 Å². The van der Waals surface area contributed by atoms with Gasteiger partial charge in [0, 0.05) is 4.47 Å². The fourth-order valence-corrected chi connectivity index (χ4v) is 2.13. The molecule has 1 amide bonds. The van der Waals surface area contributed by atoms with Crippen LogP contribution in [-0.2, 0) is 4.79 Å². The summed E-state index contributed by atoms with van der Waals surface area (Å²) in [7, 11) is 0. The molecule has 0 fully saturated rings. The Labute approximate surface area is 115 Å². The number of carbonyl (C=O) groups is 1. The maximum atomic E-state index is 12.0. The monoisotopic (exact) mass is 318 g/mol. The number of anilines is 1. The Morgan fingerprint density at radius 3 is 2.53 bits per heavy atom. The van der Waals surface area contributed by atoms with Crippen molar-refractivity contribution in [2.24, 2.45) is 5.73 Å². The van der Waals surface area contributed by atoms with Crippen molar-refractivity contribution in [2.75, 3.05) is 5.32 Å². The third-order valence-corrected chi connectivity index (χ3v) is 3.70. The molecule has 1 rings (SSSR count). The highest BCUT2D eigenvalue weighted by atomic mass is 79.9. The summed E-state index contributed by atoms with van der Waals surface area (Å²) in [4.78, 5) is 12.0. The molecule has 0 aliphatic heterocycles. The lowest BCUT2D eigenvalue weighted by atomic mass is 9.93. The summed E-state index contributed by atoms with van der Waals surface area (Å²) in [6, 6.07) is 5.29. The zero-order valence-corrected chi connectivity index (χ0v) is 12.2. The van der Waals surface area contributed by atoms with Crippen LogP contribution in [0.5, 0.6) is 0 Å². The predicted molar refractivity (Wildman–Crippen MR) is 75.3 cm³/mol. The third kappa shape index (κ3) is 3.44. The summed E-state index contributed by atoms with van der Waals surface area (Å²) in [6.45, 7) is 3.79. The van der Waals surface area contributed by atoms with Gasteiger partial charge in [-0.3, -0.25) is 4.79 Å². The number of nitrogens with two attached hydrogens (primary N) is 1. The van der Waals surface area contributed by atoms with Gasteiger partial charge in [-0.25, -0.2) is 0 Å². The first-order valence-corrected chi connectivity index (χ1v) is 6.65. The van der Waals surface area contributed by atoms with Gasteiger partial charge in [0.2, 0.25) is 5.91 Å². The minimum Gasteiger partial charge on any atom is -0.323 e. The fourth-order valence-electron chi connectivity index (χ4n) is 1.41. The number of halogens is 2. The molecule has 0 aromatic heterocycles. The number of benzene rings is 1. The molecule has 0 unspecified atom stereocenters. The molecule has 0 atom stereocenters. The van der Waals surface area contributed by atoms with Crippen LogP contribution in [0.25, 0.3) is 0 Å². The fraction of sp³-hybridized carbons (Fsp3) is 0.417. The van der Waals surface area contributed by atoms with Crippen LogP contribution in [0, 0.1) is 0 Å². The lowest BCUT2D eigenvalue weighted by Crippen LogP contribution is -2.50. The Bertz CT molecular complexity index is 419. The summed E-state index contributed by atoms with van der Waals surface area (Å²) in [5, 5.41) is 3.25. The number of rotatable bonds is 4. The summed E-state index contributed by atoms with van der Waals surface area (Å²) < 4.78 is 0.866. The van der Waals surface area contributed by atoms with Crippen LogP contribution in [0.4, 0.5) is 5.69 Å². The van der Waals surface area contributed by atoms with Crippen LogP contribution in [0.3, 0.4) is 0 Å². The smallest absolute Gasteiger partial charge is 0.244 e. The van der Waals surface area contributed by atoms with Crippen molar-refractivity contribution in [1.29, 1.82) is 0 Å². The number of carbonyl (C=O) groups excluding carboxylic acids is 1. The van der Waals surface area contributed by atoms with Gasteiger partial charge in [0.05, 0.1) is 16.2 Å². The second-order valence-corrected chi connectivity index (χ2v) is 5.26. The van der Waals surface area contributed by atoms with E-state index in [4.69, 9.17) is 17.3 Å². The second kappa shape index (κ2) is 5.85. The largest absolute Gasteiger partial charge is 0.323 e. The summed E-state index contributed by atoms with van der Waals surface area (Å²) in [6.07, 6.45) is 1.17. The van der Waals surface area contributed by atoms with Gasteiger partial charge < -0.3 is 11.1 Å². The van der Waals surface area contributed by atoms with Crippen LogP contribution >= 0.6 is 27.5 Å². The molecule has 0 radical (unpaired) electrons. The number of hydrogen-bond donors (Lipinski definition) is 2. The molecule has 0 aliphatic rings. The van der Waals surface area contributed by atoms with E-state index in [0.717, 1.165) is 4.47 Å². The Morgan fingerprint density at radius 2 is 2.06 bits per heavy atom. The average Bonchev–Trinajstić information content (AvgIpc) is 2.31. The van der Waals surface area contributed by atoms with E-state index in [2.05, 4.69) is 21.2 Å². The highest BCUT2D eigenvalue weighted by molar-refractivity contribution is 9.10. The quantitative estimate of drug-likeness (QED) is 0.891. The molecule has 5 heteroatoms. The van der Waals surface area contributed by atoms with E-state index < -0.39 is 5.54 Å². The molecule has 1 aromatic carbocycles. The van der Waals surface area contributed by atoms with Crippen LogP contribution in [0.2, 0.25) is 5.02 Å². The first-order chi connectivity index (χ1) is 7.92. The van der Waals surface area contributed by atoms with Gasteiger partial charge in [-0.15, -0.1) is 0 Å². The van der Waals surface area contributed by atoms with E-state index in [9.17, 15) is 4.79 Å². The van der Waals surface area contributed by atoms with Gasteiger partial charge in [-0.05, 0) is 31.0 Å². The Hall–Kier alpha value is -0.580. The van der Waals surface area contributed by atoms with Crippen molar-refractivity contribution >= 4 is 39.1 Å². The van der Waals surface area contributed by atoms with E-state index in [1.54, 1.807) is 12.1 Å². The molecule has 0 heterocycles. The van der Waals surface area contributed by atoms with Crippen molar-refractivity contribution in [3.63, 3.8) is 0 Å². The van der Waals surface area contributed by atoms with Crippen molar-refractivity contribution in [1.82, 2.24) is 0 Å². The molecule has 3 nitrogen and oxygen atoms in total. The third-order valence-electron chi connectivity index (χ3n) is 2.89. The summed E-state index contributed by atoms with van der Waals surface area (Å²) >= 11 is 9.33. The van der Waals surface area contributed by atoms with E-state index >= 15 is 0 Å². The molecule has 0 bridgehead atoms. The number of nitrogens with one attached hydrogen (secondary N) is 1. The van der Waals surface area contributed by atoms with Crippen LogP contribution in [0.1, 0.15) is 26.7 Å². The summed E-state index contributed by atoms with van der Waals surface area (Å²) in [5.41, 5.74) is 5.75. The van der Waals surface area contributed by atoms with Crippen molar-refractivity contribution in [3.05, 3.63) is 27.7 Å². The first-order valence-electron chi connectivity index (χ1n) is 5.48. The SMILES string of the molecule is CCC(N)(CC)C(=O)Nc1ccc(Br)cc1Cl. The molecular formula is C12H16BrClN2O. The zero-order valence-electron chi connectivity index (χ0n) is 9.89. The molecular weight excluding hydrogens is 304 g/mol. The lowest BCUT2D eigenvalue weighted by Gasteiger charge is -2.25. The van der Waals surface area contributed by atoms with Crippen LogP contribution in [-0.4, -0.2) is 11.4 Å². The minimum atomic E-state index is -0.837. The van der Waals surface area contributed by atoms with Gasteiger partial charge >= 0.3 is 0 Å². The van der Waals surface area contributed by atoms with Gasteiger partial charge in [0.15, 0.2) is 0 Å². The number of hydrogen-bond acceptors (Lipinski definition) is 2. The predicted octanol–water partition coefficient (Wildman–Crippen LogP) is 3.56. The van der Waals surface area contributed by atoms with E-state index in [0.29, 0.717) is 23.6 Å². The molecule has 17 heavy (non-hydrogen) atoms. The van der Waals surface area contributed by atoms with Crippen LogP contribution in [0.15, 0.2) is 22.7 Å². The topological polar surface area (TPSA) is 55.1 Å². The van der Waals surface area contributed by atoms with E-state index in [1.165, 1.54) is 0 Å². The van der Waals surface area contributed by atoms with Crippen molar-refractivity contribution in [2.45, 2.75) is 32.2 Å². The highest BCUT2D eigenvalue weighted by Crippen LogP contribution is 2.26. The molecule has 94 valence electrons. The maximum Gasteiger partial charge on any atom is 0.244 e. The average molecular weight is 320 g/mol. The molecule has 0 saturated carbocycles. The molecule has 3 N–H and O–H groups in total. The Balaban J connectivity index is 2.88. The summed E-state index contributed by atoms with van der Waals surface area (Å²) in [5.74, 6) is -0.202. The van der Waals surface area contributed by atoms with E-state index in [-0.39, 0.29) is 5.91 Å². The van der Waals surface area contributed by atoms with E-state index in [1.807, 2.05) is 19.9 Å². The van der Waals surface area contributed by atoms with Crippen molar-refractivity contribution < 1.29 is 4.79 Å². The van der Waals surface area contributed by atoms with Gasteiger partial charge in [0.1, 0.15) is 0 Å². The standard InChI is InChI=1S/C12H16BrClN2O/c1-3-12(15,4-2)11(17)16-10-6-5-8(13)7-9(10)14/h5-7H,3-4,15H2,1-2H3,(H,16,17). The van der Waals surface area contributed by atoms with Gasteiger partial charge in [-0.1, -0.05) is 41.4 Å². The second-order valence-electron chi connectivity index (χ2n) is 3.94. The molecule has 0 spiro atoms. The highest BCUT2D eigenvalue weighted by Gasteiger charge is 2.30. The first kappa shape index (κ1) is 14.5. The normalized spacial score (nSPS) is 11.4. The Morgan fingerprint density at radius 1 is 1.47 bits per heavy atom.